The maximum atomic E-state index is 6.12. The van der Waals surface area contributed by atoms with E-state index in [9.17, 15) is 0 Å². The minimum Gasteiger partial charge on any atom is -0.636 e. The Morgan fingerprint density at radius 3 is 1.18 bits per heavy atom. The first-order valence-corrected chi connectivity index (χ1v) is 9.14. The highest BCUT2D eigenvalue weighted by molar-refractivity contribution is 6.65. The molecule has 0 aliphatic rings. The Balaban J connectivity index is 3.58. The van der Waals surface area contributed by atoms with Crippen molar-refractivity contribution in [2.45, 2.75) is 48.8 Å². The van der Waals surface area contributed by atoms with Crippen LogP contribution in [0, 0.1) is 0 Å². The van der Waals surface area contributed by atoms with Crippen molar-refractivity contribution in [3.63, 3.8) is 0 Å². The summed E-state index contributed by atoms with van der Waals surface area (Å²) < 4.78 is 6.12. The summed E-state index contributed by atoms with van der Waals surface area (Å²) in [5.41, 5.74) is 0. The van der Waals surface area contributed by atoms with Crippen LogP contribution in [-0.4, -0.2) is 29.0 Å². The van der Waals surface area contributed by atoms with Crippen molar-refractivity contribution < 1.29 is 2.84 Å². The third kappa shape index (κ3) is 5.29. The normalized spacial score (nSPS) is 9.82. The van der Waals surface area contributed by atoms with Crippen LogP contribution in [-0.2, 0) is 2.84 Å². The molecule has 0 aliphatic carbocycles. The second kappa shape index (κ2) is 7.66. The third-order valence-electron chi connectivity index (χ3n) is 2.21. The van der Waals surface area contributed by atoms with E-state index in [1.807, 2.05) is 0 Å². The molecule has 0 fully saturated rings. The van der Waals surface area contributed by atoms with E-state index < -0.39 is 29.0 Å². The first-order valence-electron chi connectivity index (χ1n) is 4.93. The predicted molar refractivity (Wildman–Crippen MR) is 54.5 cm³/mol. The molecule has 0 atom stereocenters. The van der Waals surface area contributed by atoms with Gasteiger partial charge in [-0.2, -0.15) is 0 Å². The van der Waals surface area contributed by atoms with Crippen LogP contribution in [0.1, 0.15) is 27.7 Å². The van der Waals surface area contributed by atoms with Gasteiger partial charge in [-0.15, -0.1) is 0 Å². The van der Waals surface area contributed by atoms with Crippen LogP contribution < -0.4 is 0 Å². The molecule has 11 heavy (non-hydrogen) atoms. The minimum atomic E-state index is -0.724. The second-order valence-electron chi connectivity index (χ2n) is 3.01. The van der Waals surface area contributed by atoms with Crippen LogP contribution in [0.15, 0.2) is 0 Å². The molecule has 0 bridgehead atoms. The summed E-state index contributed by atoms with van der Waals surface area (Å²) in [4.78, 5) is 0. The Morgan fingerprint density at radius 2 is 1.00 bits per heavy atom. The predicted octanol–water partition coefficient (Wildman–Crippen LogP) is 3.07. The zero-order chi connectivity index (χ0) is 8.69. The Labute approximate surface area is 80.6 Å². The zero-order valence-corrected chi connectivity index (χ0v) is 10.7. The molecular formula is C8H20Al2O. The lowest BCUT2D eigenvalue weighted by atomic mass is 10.9. The zero-order valence-electron chi connectivity index (χ0n) is 8.39. The number of rotatable bonds is 6. The molecular weight excluding hydrogens is 166 g/mol. The smallest absolute Gasteiger partial charge is 0.429 e. The number of hydrogen-bond donors (Lipinski definition) is 0. The maximum absolute atomic E-state index is 6.12. The highest BCUT2D eigenvalue weighted by atomic mass is 27.3. The molecule has 1 nitrogen and oxygen atoms in total. The monoisotopic (exact) mass is 186 g/mol. The van der Waals surface area contributed by atoms with Crippen molar-refractivity contribution in [1.82, 2.24) is 0 Å². The van der Waals surface area contributed by atoms with Gasteiger partial charge in [0.25, 0.3) is 0 Å². The van der Waals surface area contributed by atoms with Crippen molar-refractivity contribution in [2.24, 2.45) is 0 Å². The molecule has 0 aliphatic heterocycles. The fourth-order valence-electron chi connectivity index (χ4n) is 1.23. The lowest BCUT2D eigenvalue weighted by molar-refractivity contribution is 0.576. The van der Waals surface area contributed by atoms with Crippen LogP contribution in [0.4, 0.5) is 0 Å². The molecule has 0 heterocycles. The van der Waals surface area contributed by atoms with E-state index in [1.165, 1.54) is 21.1 Å². The summed E-state index contributed by atoms with van der Waals surface area (Å²) in [6, 6.07) is 0. The van der Waals surface area contributed by atoms with Gasteiger partial charge >= 0.3 is 29.0 Å². The van der Waals surface area contributed by atoms with E-state index in [1.54, 1.807) is 0 Å². The summed E-state index contributed by atoms with van der Waals surface area (Å²) in [5, 5.41) is 5.28. The Bertz CT molecular complexity index is 70.2. The van der Waals surface area contributed by atoms with Crippen molar-refractivity contribution >= 4 is 29.0 Å². The molecule has 0 aromatic rings. The molecule has 0 N–H and O–H groups in total. The average Bonchev–Trinajstić information content (AvgIpc) is 2.07. The van der Waals surface area contributed by atoms with Crippen molar-refractivity contribution in [2.75, 3.05) is 0 Å². The van der Waals surface area contributed by atoms with Crippen LogP contribution in [0.2, 0.25) is 21.1 Å². The maximum Gasteiger partial charge on any atom is 0.429 e. The van der Waals surface area contributed by atoms with Gasteiger partial charge in [0, 0.05) is 0 Å². The largest absolute Gasteiger partial charge is 0.636 e. The summed E-state index contributed by atoms with van der Waals surface area (Å²) in [6.07, 6.45) is 0. The fraction of sp³-hybridized carbons (Fsp3) is 1.00. The lowest BCUT2D eigenvalue weighted by Crippen LogP contribution is -2.26. The van der Waals surface area contributed by atoms with Crippen LogP contribution in [0.25, 0.3) is 0 Å². The highest BCUT2D eigenvalue weighted by Crippen LogP contribution is 2.07. The van der Waals surface area contributed by atoms with Gasteiger partial charge in [0.1, 0.15) is 0 Å². The summed E-state index contributed by atoms with van der Waals surface area (Å²) in [7, 11) is 0. The van der Waals surface area contributed by atoms with Gasteiger partial charge < -0.3 is 2.84 Å². The van der Waals surface area contributed by atoms with E-state index >= 15 is 0 Å². The molecule has 0 rings (SSSR count). The second-order valence-corrected chi connectivity index (χ2v) is 9.86. The lowest BCUT2D eigenvalue weighted by Gasteiger charge is -2.15. The average molecular weight is 186 g/mol. The summed E-state index contributed by atoms with van der Waals surface area (Å²) in [6.45, 7) is 9.10. The molecule has 0 aromatic carbocycles. The fourth-order valence-corrected chi connectivity index (χ4v) is 7.65. The Kier molecular flexibility index (Phi) is 8.38. The van der Waals surface area contributed by atoms with Crippen LogP contribution >= 0.6 is 0 Å². The first-order chi connectivity index (χ1) is 5.28. The van der Waals surface area contributed by atoms with E-state index in [2.05, 4.69) is 27.7 Å². The van der Waals surface area contributed by atoms with Crippen LogP contribution in [0.5, 0.6) is 0 Å². The molecule has 3 heteroatoms. The highest BCUT2D eigenvalue weighted by Gasteiger charge is 2.22. The molecule has 0 saturated carbocycles. The molecule has 0 saturated heterocycles. The van der Waals surface area contributed by atoms with Gasteiger partial charge in [0.05, 0.1) is 0 Å². The molecule has 64 valence electrons. The Hall–Kier alpha value is 1.02. The SMILES string of the molecule is C[CH2][Al]([CH2]C)[O][Al]([CH2]C)[CH2]C. The molecule has 0 spiro atoms. The van der Waals surface area contributed by atoms with Gasteiger partial charge in [-0.25, -0.2) is 0 Å². The van der Waals surface area contributed by atoms with Gasteiger partial charge in [-0.05, 0) is 0 Å². The topological polar surface area (TPSA) is 9.23 Å². The standard InChI is InChI=1S/4C2H5.2Al.O/c4*1-2;;;/h4*1H2,2H3;;;. The van der Waals surface area contributed by atoms with E-state index in [4.69, 9.17) is 2.84 Å². The molecule has 0 unspecified atom stereocenters. The Morgan fingerprint density at radius 1 is 0.727 bits per heavy atom. The van der Waals surface area contributed by atoms with Gasteiger partial charge in [-0.3, -0.25) is 0 Å². The molecule has 0 amide bonds. The third-order valence-corrected chi connectivity index (χ3v) is 8.93. The molecule has 0 aromatic heterocycles. The van der Waals surface area contributed by atoms with Gasteiger partial charge in [-0.1, -0.05) is 48.8 Å². The van der Waals surface area contributed by atoms with Crippen molar-refractivity contribution in [3.8, 4) is 0 Å². The van der Waals surface area contributed by atoms with Gasteiger partial charge in [0.2, 0.25) is 0 Å². The molecule has 0 radical (unpaired) electrons. The van der Waals surface area contributed by atoms with Crippen molar-refractivity contribution in [3.05, 3.63) is 0 Å². The van der Waals surface area contributed by atoms with E-state index in [-0.39, 0.29) is 0 Å². The quantitative estimate of drug-likeness (QED) is 0.579. The van der Waals surface area contributed by atoms with E-state index in [0.29, 0.717) is 0 Å². The minimum absolute atomic E-state index is 0.724. The number of hydrogen-bond acceptors (Lipinski definition) is 1. The van der Waals surface area contributed by atoms with Gasteiger partial charge in [0.15, 0.2) is 0 Å². The summed E-state index contributed by atoms with van der Waals surface area (Å²) in [5.74, 6) is 0. The van der Waals surface area contributed by atoms with Crippen LogP contribution in [0.3, 0.4) is 0 Å². The summed E-state index contributed by atoms with van der Waals surface area (Å²) >= 11 is -1.45. The first kappa shape index (κ1) is 12.0. The van der Waals surface area contributed by atoms with Crippen molar-refractivity contribution in [1.29, 1.82) is 0 Å². The van der Waals surface area contributed by atoms with E-state index in [0.717, 1.165) is 0 Å².